The maximum Gasteiger partial charge on any atom is 0.270 e. The Balaban J connectivity index is 1.80. The van der Waals surface area contributed by atoms with Crippen molar-refractivity contribution in [3.63, 3.8) is 0 Å². The lowest BCUT2D eigenvalue weighted by Crippen LogP contribution is -2.49. The van der Waals surface area contributed by atoms with Gasteiger partial charge in [0, 0.05) is 31.3 Å². The van der Waals surface area contributed by atoms with Crippen molar-refractivity contribution < 1.29 is 9.53 Å². The molecule has 0 aromatic heterocycles. The number of hydrogen-bond acceptors (Lipinski definition) is 6. The highest BCUT2D eigenvalue weighted by Crippen LogP contribution is 2.24. The van der Waals surface area contributed by atoms with Gasteiger partial charge in [-0.25, -0.2) is 5.84 Å². The number of nitrogen functional groups attached to an aromatic ring is 1. The van der Waals surface area contributed by atoms with Crippen molar-refractivity contribution >= 4 is 23.5 Å². The molecule has 31 heavy (non-hydrogen) atoms. The zero-order valence-corrected chi connectivity index (χ0v) is 18.2. The Morgan fingerprint density at radius 3 is 2.68 bits per heavy atom. The normalized spacial score (nSPS) is 17.1. The van der Waals surface area contributed by atoms with Gasteiger partial charge in [-0.2, -0.15) is 0 Å². The zero-order chi connectivity index (χ0) is 22.4. The summed E-state index contributed by atoms with van der Waals surface area (Å²) < 4.78 is 5.46. The van der Waals surface area contributed by atoms with Gasteiger partial charge in [-0.3, -0.25) is 14.8 Å². The molecule has 1 aliphatic heterocycles. The van der Waals surface area contributed by atoms with E-state index in [1.807, 2.05) is 43.3 Å². The van der Waals surface area contributed by atoms with Crippen LogP contribution in [-0.2, 0) is 11.2 Å². The summed E-state index contributed by atoms with van der Waals surface area (Å²) in [6.07, 6.45) is 5.83. The van der Waals surface area contributed by atoms with Crippen molar-refractivity contribution in [3.8, 4) is 0 Å². The molecule has 2 aromatic carbocycles. The second-order valence-corrected chi connectivity index (χ2v) is 7.85. The van der Waals surface area contributed by atoms with E-state index in [0.717, 1.165) is 35.1 Å². The van der Waals surface area contributed by atoms with Gasteiger partial charge in [0.2, 0.25) is 0 Å². The topological polar surface area (TPSA) is 120 Å². The lowest BCUT2D eigenvalue weighted by atomic mass is 9.95. The van der Waals surface area contributed by atoms with Gasteiger partial charge in [-0.1, -0.05) is 24.3 Å². The fourth-order valence-electron chi connectivity index (χ4n) is 3.68. The number of hydrogen-bond donors (Lipinski definition) is 3. The van der Waals surface area contributed by atoms with Crippen LogP contribution in [0.25, 0.3) is 5.70 Å². The van der Waals surface area contributed by atoms with Gasteiger partial charge in [-0.05, 0) is 66.6 Å². The van der Waals surface area contributed by atoms with Gasteiger partial charge in [0.1, 0.15) is 0 Å². The number of nitrogens with two attached hydrogens (primary N) is 3. The third-order valence-corrected chi connectivity index (χ3v) is 5.59. The van der Waals surface area contributed by atoms with Crippen LogP contribution in [0.5, 0.6) is 0 Å². The molecule has 7 heteroatoms. The Morgan fingerprint density at radius 1 is 1.29 bits per heavy atom. The second-order valence-electron chi connectivity index (χ2n) is 7.85. The highest BCUT2D eigenvalue weighted by molar-refractivity contribution is 5.99. The van der Waals surface area contributed by atoms with Gasteiger partial charge >= 0.3 is 0 Å². The molecule has 6 N–H and O–H groups in total. The average Bonchev–Trinajstić information content (AvgIpc) is 2.79. The molecule has 1 saturated heterocycles. The van der Waals surface area contributed by atoms with E-state index < -0.39 is 0 Å². The van der Waals surface area contributed by atoms with Crippen LogP contribution in [0.2, 0.25) is 0 Å². The molecule has 0 spiro atoms. The van der Waals surface area contributed by atoms with Crippen LogP contribution in [0.1, 0.15) is 45.5 Å². The third-order valence-electron chi connectivity index (χ3n) is 5.59. The van der Waals surface area contributed by atoms with Crippen molar-refractivity contribution in [3.05, 3.63) is 70.3 Å². The highest BCUT2D eigenvalue weighted by atomic mass is 16.5. The highest BCUT2D eigenvalue weighted by Gasteiger charge is 2.26. The van der Waals surface area contributed by atoms with E-state index in [0.29, 0.717) is 36.6 Å². The Kier molecular flexibility index (Phi) is 7.44. The predicted octanol–water partition coefficient (Wildman–Crippen LogP) is 2.66. The molecule has 0 saturated carbocycles. The Bertz CT molecular complexity index is 976. The van der Waals surface area contributed by atoms with Crippen molar-refractivity contribution in [2.24, 2.45) is 16.6 Å². The molecule has 0 bridgehead atoms. The summed E-state index contributed by atoms with van der Waals surface area (Å²) in [6.45, 7) is 3.16. The first-order valence-corrected chi connectivity index (χ1v) is 10.4. The van der Waals surface area contributed by atoms with Gasteiger partial charge in [0.25, 0.3) is 5.91 Å². The fourth-order valence-corrected chi connectivity index (χ4v) is 3.68. The Labute approximate surface area is 183 Å². The van der Waals surface area contributed by atoms with E-state index >= 15 is 0 Å². The average molecular weight is 422 g/mol. The summed E-state index contributed by atoms with van der Waals surface area (Å²) in [5.74, 6) is 5.86. The zero-order valence-electron chi connectivity index (χ0n) is 18.2. The number of anilines is 1. The van der Waals surface area contributed by atoms with Crippen molar-refractivity contribution in [2.45, 2.75) is 32.2 Å². The number of carbonyl (C=O) groups is 1. The number of allylic oxidation sites excluding steroid dienone is 1. The Morgan fingerprint density at radius 2 is 2.03 bits per heavy atom. The van der Waals surface area contributed by atoms with Crippen molar-refractivity contribution in [2.75, 3.05) is 26.0 Å². The van der Waals surface area contributed by atoms with E-state index in [1.54, 1.807) is 19.3 Å². The molecule has 1 unspecified atom stereocenters. The maximum atomic E-state index is 13.0. The maximum absolute atomic E-state index is 13.0. The minimum absolute atomic E-state index is 0.130. The number of benzene rings is 2. The summed E-state index contributed by atoms with van der Waals surface area (Å²) in [4.78, 5) is 16.9. The molecule has 164 valence electrons. The fraction of sp³-hybridized carbons (Fsp3) is 0.333. The second kappa shape index (κ2) is 10.2. The molecule has 0 radical (unpaired) electrons. The monoisotopic (exact) mass is 421 g/mol. The van der Waals surface area contributed by atoms with Gasteiger partial charge in [0.15, 0.2) is 0 Å². The van der Waals surface area contributed by atoms with Crippen molar-refractivity contribution in [1.82, 2.24) is 5.01 Å². The summed E-state index contributed by atoms with van der Waals surface area (Å²) in [5.41, 5.74) is 17.9. The van der Waals surface area contributed by atoms with Crippen LogP contribution < -0.4 is 17.3 Å². The largest absolute Gasteiger partial charge is 0.398 e. The molecule has 1 fully saturated rings. The van der Waals surface area contributed by atoms with Crippen LogP contribution in [0.4, 0.5) is 5.69 Å². The van der Waals surface area contributed by atoms with E-state index in [-0.39, 0.29) is 11.9 Å². The molecule has 1 aliphatic rings. The quantitative estimate of drug-likeness (QED) is 0.218. The number of amides is 1. The number of nitrogens with zero attached hydrogens (tertiary/aromatic N) is 2. The lowest BCUT2D eigenvalue weighted by molar-refractivity contribution is 0.0166. The van der Waals surface area contributed by atoms with Crippen LogP contribution >= 0.6 is 0 Å². The molecular weight excluding hydrogens is 390 g/mol. The standard InChI is InChI=1S/C24H31N5O2/c1-16-12-23(26)21(24(30)29(27)20-4-3-11-31-15-20)14-19(16)13-17-5-7-18(8-6-17)22(25)9-10-28-2/h5-10,12,14,20H,3-4,11,13,15,25-27H2,1-2H3. The summed E-state index contributed by atoms with van der Waals surface area (Å²) in [7, 11) is 1.70. The molecule has 7 nitrogen and oxygen atoms in total. The summed E-state index contributed by atoms with van der Waals surface area (Å²) in [5, 5.41) is 1.27. The van der Waals surface area contributed by atoms with E-state index in [9.17, 15) is 4.79 Å². The van der Waals surface area contributed by atoms with Gasteiger partial charge < -0.3 is 16.2 Å². The first-order valence-electron chi connectivity index (χ1n) is 10.4. The molecule has 3 rings (SSSR count). The minimum Gasteiger partial charge on any atom is -0.398 e. The SMILES string of the molecule is CN=CC=C(N)c1ccc(Cc2cc(C(=O)N(N)C3CCCOC3)c(N)cc2C)cc1. The molecular formula is C24H31N5O2. The van der Waals surface area contributed by atoms with E-state index in [1.165, 1.54) is 5.01 Å². The minimum atomic E-state index is -0.278. The third kappa shape index (κ3) is 5.51. The summed E-state index contributed by atoms with van der Waals surface area (Å²) in [6, 6.07) is 11.6. The first-order chi connectivity index (χ1) is 14.9. The first kappa shape index (κ1) is 22.5. The smallest absolute Gasteiger partial charge is 0.270 e. The molecule has 1 atom stereocenters. The molecule has 1 amide bonds. The number of rotatable bonds is 6. The van der Waals surface area contributed by atoms with Gasteiger partial charge in [-0.15, -0.1) is 0 Å². The molecule has 0 aliphatic carbocycles. The van der Waals surface area contributed by atoms with Crippen LogP contribution in [0.15, 0.2) is 47.5 Å². The van der Waals surface area contributed by atoms with Gasteiger partial charge in [0.05, 0.1) is 18.2 Å². The van der Waals surface area contributed by atoms with Crippen LogP contribution in [0.3, 0.4) is 0 Å². The number of hydrazine groups is 1. The van der Waals surface area contributed by atoms with E-state index in [4.69, 9.17) is 22.0 Å². The van der Waals surface area contributed by atoms with Crippen LogP contribution in [0, 0.1) is 6.92 Å². The van der Waals surface area contributed by atoms with Crippen LogP contribution in [-0.4, -0.2) is 43.4 Å². The molecule has 1 heterocycles. The number of aryl methyl sites for hydroxylation is 1. The number of aliphatic imine (C=N–C) groups is 1. The number of ether oxygens (including phenoxy) is 1. The summed E-state index contributed by atoms with van der Waals surface area (Å²) >= 11 is 0. The molecule has 2 aromatic rings. The number of carbonyl (C=O) groups excluding carboxylic acids is 1. The lowest BCUT2D eigenvalue weighted by Gasteiger charge is -2.30. The Hall–Kier alpha value is -3.16. The van der Waals surface area contributed by atoms with Crippen molar-refractivity contribution in [1.29, 1.82) is 0 Å². The van der Waals surface area contributed by atoms with E-state index in [2.05, 4.69) is 4.99 Å². The predicted molar refractivity (Wildman–Crippen MR) is 126 cm³/mol.